The number of hydrogen-bond donors (Lipinski definition) is 1. The third-order valence-corrected chi connectivity index (χ3v) is 7.00. The third kappa shape index (κ3) is 6.53. The molecule has 2 aliphatic rings. The van der Waals surface area contributed by atoms with Crippen molar-refractivity contribution in [2.45, 2.75) is 65.8 Å². The van der Waals surface area contributed by atoms with Crippen LogP contribution in [0.4, 0.5) is 11.5 Å². The molecule has 0 radical (unpaired) electrons. The number of amides is 1. The van der Waals surface area contributed by atoms with E-state index in [2.05, 4.69) is 58.0 Å². The summed E-state index contributed by atoms with van der Waals surface area (Å²) in [6.45, 7) is 11.9. The van der Waals surface area contributed by atoms with Gasteiger partial charge in [-0.25, -0.2) is 9.97 Å². The average Bonchev–Trinajstić information content (AvgIpc) is 3.65. The maximum absolute atomic E-state index is 13.0. The van der Waals surface area contributed by atoms with Crippen molar-refractivity contribution in [3.05, 3.63) is 47.4 Å². The highest BCUT2D eigenvalue weighted by Crippen LogP contribution is 2.31. The van der Waals surface area contributed by atoms with E-state index in [4.69, 9.17) is 0 Å². The number of rotatable bonds is 10. The maximum atomic E-state index is 13.0. The Labute approximate surface area is 198 Å². The number of carbonyl (C=O) groups is 1. The number of aryl methyl sites for hydroxylation is 1. The first-order chi connectivity index (χ1) is 16.1. The van der Waals surface area contributed by atoms with Gasteiger partial charge in [-0.2, -0.15) is 0 Å². The predicted molar refractivity (Wildman–Crippen MR) is 135 cm³/mol. The number of nitrogens with one attached hydrogen (secondary N) is 1. The van der Waals surface area contributed by atoms with Gasteiger partial charge in [-0.15, -0.1) is 0 Å². The lowest BCUT2D eigenvalue weighted by Crippen LogP contribution is -2.34. The monoisotopic (exact) mass is 449 g/mol. The Morgan fingerprint density at radius 3 is 2.73 bits per heavy atom. The first-order valence-electron chi connectivity index (χ1n) is 12.8. The smallest absolute Gasteiger partial charge is 0.274 e. The minimum Gasteiger partial charge on any atom is -0.356 e. The fraction of sp³-hybridized carbons (Fsp3) is 0.593. The minimum atomic E-state index is -0.181. The van der Waals surface area contributed by atoms with E-state index in [-0.39, 0.29) is 5.91 Å². The summed E-state index contributed by atoms with van der Waals surface area (Å²) in [5.41, 5.74) is 3.65. The van der Waals surface area contributed by atoms with Gasteiger partial charge in [-0.1, -0.05) is 32.4 Å². The summed E-state index contributed by atoms with van der Waals surface area (Å²) < 4.78 is 0. The van der Waals surface area contributed by atoms with Crippen LogP contribution in [0.5, 0.6) is 0 Å². The van der Waals surface area contributed by atoms with Crippen molar-refractivity contribution in [3.8, 4) is 0 Å². The van der Waals surface area contributed by atoms with E-state index in [1.54, 1.807) is 0 Å². The molecule has 6 heteroatoms. The lowest BCUT2D eigenvalue weighted by molar-refractivity contribution is 0.102. The largest absolute Gasteiger partial charge is 0.356 e. The summed E-state index contributed by atoms with van der Waals surface area (Å²) in [5, 5.41) is 3.06. The van der Waals surface area contributed by atoms with Crippen LogP contribution in [0, 0.1) is 18.8 Å². The van der Waals surface area contributed by atoms with Crippen LogP contribution in [0.1, 0.15) is 74.0 Å². The Morgan fingerprint density at radius 1 is 1.15 bits per heavy atom. The molecule has 1 saturated heterocycles. The molecule has 178 valence electrons. The minimum absolute atomic E-state index is 0.181. The topological polar surface area (TPSA) is 61.4 Å². The van der Waals surface area contributed by atoms with Crippen molar-refractivity contribution in [1.82, 2.24) is 14.9 Å². The molecular formula is C27H39N5O. The summed E-state index contributed by atoms with van der Waals surface area (Å²) in [7, 11) is 0. The van der Waals surface area contributed by atoms with E-state index in [1.165, 1.54) is 57.1 Å². The van der Waals surface area contributed by atoms with Gasteiger partial charge in [-0.05, 0) is 74.6 Å². The quantitative estimate of drug-likeness (QED) is 0.534. The molecule has 1 aliphatic heterocycles. The fourth-order valence-electron chi connectivity index (χ4n) is 4.86. The number of piperidine rings is 1. The second-order valence-electron chi connectivity index (χ2n) is 9.91. The fourth-order valence-corrected chi connectivity index (χ4v) is 4.86. The second-order valence-corrected chi connectivity index (χ2v) is 9.91. The highest BCUT2D eigenvalue weighted by Gasteiger charge is 2.25. The zero-order chi connectivity index (χ0) is 23.2. The van der Waals surface area contributed by atoms with Crippen molar-refractivity contribution in [2.24, 2.45) is 11.8 Å². The second kappa shape index (κ2) is 11.1. The zero-order valence-corrected chi connectivity index (χ0v) is 20.5. The van der Waals surface area contributed by atoms with Crippen LogP contribution >= 0.6 is 0 Å². The molecule has 4 rings (SSSR count). The number of carbonyl (C=O) groups excluding carboxylic acids is 1. The van der Waals surface area contributed by atoms with E-state index >= 15 is 0 Å². The number of hydrogen-bond acceptors (Lipinski definition) is 5. The van der Waals surface area contributed by atoms with Crippen molar-refractivity contribution in [1.29, 1.82) is 0 Å². The number of nitrogens with zero attached hydrogens (tertiary/aromatic N) is 4. The van der Waals surface area contributed by atoms with E-state index in [0.29, 0.717) is 5.69 Å². The zero-order valence-electron chi connectivity index (χ0n) is 20.5. The van der Waals surface area contributed by atoms with Gasteiger partial charge in [0.15, 0.2) is 0 Å². The summed E-state index contributed by atoms with van der Waals surface area (Å²) in [6.07, 6.45) is 9.08. The maximum Gasteiger partial charge on any atom is 0.274 e. The molecule has 1 amide bonds. The van der Waals surface area contributed by atoms with Crippen LogP contribution < -0.4 is 10.2 Å². The lowest BCUT2D eigenvalue weighted by Gasteiger charge is -2.32. The molecule has 0 spiro atoms. The molecule has 1 aromatic carbocycles. The van der Waals surface area contributed by atoms with Gasteiger partial charge in [0, 0.05) is 37.9 Å². The summed E-state index contributed by atoms with van der Waals surface area (Å²) in [6, 6.07) is 8.21. The molecule has 2 fully saturated rings. The molecule has 1 aromatic heterocycles. The standard InChI is InChI=1S/C27H39N5O/c1-4-12-32(18-22-8-9-22)26-15-25(28-19-29-26)27(33)30-24-11-10-23(14-20(24)3)17-31-13-6-7-21(5-2)16-31/h10-11,14-15,19,21-22H,4-9,12-13,16-18H2,1-3H3,(H,30,33). The van der Waals surface area contributed by atoms with E-state index in [1.807, 2.05) is 12.1 Å². The first kappa shape index (κ1) is 23.7. The van der Waals surface area contributed by atoms with Gasteiger partial charge < -0.3 is 10.2 Å². The third-order valence-electron chi connectivity index (χ3n) is 7.00. The van der Waals surface area contributed by atoms with Gasteiger partial charge in [-0.3, -0.25) is 9.69 Å². The molecule has 1 atom stereocenters. The van der Waals surface area contributed by atoms with E-state index in [9.17, 15) is 4.79 Å². The van der Waals surface area contributed by atoms with Crippen molar-refractivity contribution in [3.63, 3.8) is 0 Å². The molecule has 1 unspecified atom stereocenters. The van der Waals surface area contributed by atoms with Crippen LogP contribution in [-0.2, 0) is 6.54 Å². The van der Waals surface area contributed by atoms with Gasteiger partial charge in [0.1, 0.15) is 17.8 Å². The Kier molecular flexibility index (Phi) is 7.97. The van der Waals surface area contributed by atoms with Gasteiger partial charge in [0.2, 0.25) is 0 Å². The van der Waals surface area contributed by atoms with E-state index in [0.717, 1.165) is 55.0 Å². The summed E-state index contributed by atoms with van der Waals surface area (Å²) in [5.74, 6) is 2.26. The highest BCUT2D eigenvalue weighted by molar-refractivity contribution is 6.03. The normalized spacial score (nSPS) is 18.8. The molecule has 0 bridgehead atoms. The molecule has 1 saturated carbocycles. The SMILES string of the molecule is CCCN(CC1CC1)c1cc(C(=O)Nc2ccc(CN3CCCC(CC)C3)cc2C)ncn1. The predicted octanol–water partition coefficient (Wildman–Crippen LogP) is 5.29. The van der Waals surface area contributed by atoms with Crippen LogP contribution in [0.25, 0.3) is 0 Å². The Morgan fingerprint density at radius 2 is 2.00 bits per heavy atom. The van der Waals surface area contributed by atoms with Gasteiger partial charge in [0.25, 0.3) is 5.91 Å². The van der Waals surface area contributed by atoms with Crippen LogP contribution in [-0.4, -0.2) is 47.0 Å². The average molecular weight is 450 g/mol. The van der Waals surface area contributed by atoms with Crippen molar-refractivity contribution in [2.75, 3.05) is 36.4 Å². The number of benzene rings is 1. The first-order valence-corrected chi connectivity index (χ1v) is 12.8. The van der Waals surface area contributed by atoms with Crippen molar-refractivity contribution < 1.29 is 4.79 Å². The van der Waals surface area contributed by atoms with Gasteiger partial charge in [0.05, 0.1) is 0 Å². The molecule has 6 nitrogen and oxygen atoms in total. The Hall–Kier alpha value is -2.47. The molecule has 33 heavy (non-hydrogen) atoms. The van der Waals surface area contributed by atoms with Gasteiger partial charge >= 0.3 is 0 Å². The van der Waals surface area contributed by atoms with Crippen molar-refractivity contribution >= 4 is 17.4 Å². The number of likely N-dealkylation sites (tertiary alicyclic amines) is 1. The Bertz CT molecular complexity index is 942. The Balaban J connectivity index is 1.39. The molecule has 1 N–H and O–H groups in total. The molecule has 1 aliphatic carbocycles. The number of aromatic nitrogens is 2. The van der Waals surface area contributed by atoms with Crippen LogP contribution in [0.2, 0.25) is 0 Å². The molecule has 2 aromatic rings. The lowest BCUT2D eigenvalue weighted by atomic mass is 9.95. The molecule has 2 heterocycles. The number of anilines is 2. The highest BCUT2D eigenvalue weighted by atomic mass is 16.1. The molecular weight excluding hydrogens is 410 g/mol. The summed E-state index contributed by atoms with van der Waals surface area (Å²) >= 11 is 0. The summed E-state index contributed by atoms with van der Waals surface area (Å²) in [4.78, 5) is 26.5. The van der Waals surface area contributed by atoms with Crippen LogP contribution in [0.3, 0.4) is 0 Å². The van der Waals surface area contributed by atoms with E-state index < -0.39 is 0 Å². The van der Waals surface area contributed by atoms with Crippen LogP contribution in [0.15, 0.2) is 30.6 Å².